The Balaban J connectivity index is 1.99. The van der Waals surface area contributed by atoms with Crippen molar-refractivity contribution in [3.05, 3.63) is 41.1 Å². The molecule has 1 heterocycles. The van der Waals surface area contributed by atoms with E-state index in [0.29, 0.717) is 6.42 Å². The van der Waals surface area contributed by atoms with Crippen LogP contribution >= 0.6 is 0 Å². The van der Waals surface area contributed by atoms with Gasteiger partial charge in [0.1, 0.15) is 4.90 Å². The van der Waals surface area contributed by atoms with Gasteiger partial charge in [-0.1, -0.05) is 24.1 Å². The molecule has 0 amide bonds. The van der Waals surface area contributed by atoms with Crippen LogP contribution in [0.1, 0.15) is 36.1 Å². The first-order valence-corrected chi connectivity index (χ1v) is 9.03. The van der Waals surface area contributed by atoms with Gasteiger partial charge in [0.2, 0.25) is 11.8 Å². The lowest BCUT2D eigenvalue weighted by Crippen LogP contribution is -2.14. The van der Waals surface area contributed by atoms with Gasteiger partial charge in [0.05, 0.1) is 5.69 Å². The van der Waals surface area contributed by atoms with Gasteiger partial charge in [-0.15, -0.1) is 0 Å². The van der Waals surface area contributed by atoms with Crippen LogP contribution in [0.4, 0.5) is 5.95 Å². The summed E-state index contributed by atoms with van der Waals surface area (Å²) >= 11 is 0. The van der Waals surface area contributed by atoms with Crippen LogP contribution in [0.15, 0.2) is 29.2 Å². The zero-order chi connectivity index (χ0) is 16.4. The molecule has 3 rings (SSSR count). The average molecular weight is 333 g/mol. The Morgan fingerprint density at radius 3 is 2.48 bits per heavy atom. The fourth-order valence-corrected chi connectivity index (χ4v) is 3.59. The lowest BCUT2D eigenvalue weighted by atomic mass is 10.1. The topological polar surface area (TPSA) is 95.2 Å². The van der Waals surface area contributed by atoms with Crippen LogP contribution in [-0.2, 0) is 23.0 Å². The lowest BCUT2D eigenvalue weighted by Gasteiger charge is -2.12. The van der Waals surface area contributed by atoms with Crippen molar-refractivity contribution in [2.45, 2.75) is 43.9 Å². The van der Waals surface area contributed by atoms with E-state index < -0.39 is 10.1 Å². The minimum atomic E-state index is -3.94. The average Bonchev–Trinajstić information content (AvgIpc) is 2.72. The van der Waals surface area contributed by atoms with Gasteiger partial charge in [0, 0.05) is 5.56 Å². The fraction of sp³-hybridized carbons (Fsp3) is 0.375. The molecule has 1 aromatic carbocycles. The Hall–Kier alpha value is -2.15. The second kappa shape index (κ2) is 6.16. The number of aryl methyl sites for hydroxylation is 2. The first-order chi connectivity index (χ1) is 11.0. The molecule has 0 spiro atoms. The summed E-state index contributed by atoms with van der Waals surface area (Å²) in [4.78, 5) is 8.36. The van der Waals surface area contributed by atoms with E-state index >= 15 is 0 Å². The molecule has 0 fully saturated rings. The number of fused-ring (bicyclic) bond motifs is 1. The van der Waals surface area contributed by atoms with Crippen LogP contribution in [0.25, 0.3) is 0 Å². The molecule has 1 aliphatic carbocycles. The highest BCUT2D eigenvalue weighted by Gasteiger charge is 2.23. The molecular weight excluding hydrogens is 314 g/mol. The number of benzene rings is 1. The van der Waals surface area contributed by atoms with Gasteiger partial charge in [0.15, 0.2) is 0 Å². The van der Waals surface area contributed by atoms with Crippen molar-refractivity contribution < 1.29 is 12.6 Å². The summed E-state index contributed by atoms with van der Waals surface area (Å²) in [6.45, 7) is 1.89. The molecule has 0 saturated carbocycles. The Labute approximate surface area is 135 Å². The van der Waals surface area contributed by atoms with Gasteiger partial charge in [-0.2, -0.15) is 13.4 Å². The Morgan fingerprint density at radius 1 is 1.04 bits per heavy atom. The predicted molar refractivity (Wildman–Crippen MR) is 86.7 cm³/mol. The number of nitrogen functional groups attached to an aromatic ring is 1. The third-order valence-corrected chi connectivity index (χ3v) is 5.14. The molecule has 0 unspecified atom stereocenters. The minimum Gasteiger partial charge on any atom is -0.368 e. The molecule has 1 aliphatic rings. The van der Waals surface area contributed by atoms with Gasteiger partial charge in [0.25, 0.3) is 0 Å². The third kappa shape index (κ3) is 3.44. The fourth-order valence-electron chi connectivity index (χ4n) is 2.68. The van der Waals surface area contributed by atoms with E-state index in [1.165, 1.54) is 12.1 Å². The zero-order valence-electron chi connectivity index (χ0n) is 12.9. The molecular formula is C16H19N3O3S. The van der Waals surface area contributed by atoms with Crippen molar-refractivity contribution in [3.63, 3.8) is 0 Å². The van der Waals surface area contributed by atoms with Crippen LogP contribution in [0.2, 0.25) is 0 Å². The maximum absolute atomic E-state index is 12.5. The number of nitrogens with two attached hydrogens (primary N) is 1. The van der Waals surface area contributed by atoms with E-state index in [1.807, 2.05) is 6.92 Å². The van der Waals surface area contributed by atoms with Crippen LogP contribution in [0.5, 0.6) is 5.88 Å². The molecule has 0 saturated heterocycles. The number of nitrogens with zero attached hydrogens (tertiary/aromatic N) is 2. The van der Waals surface area contributed by atoms with Gasteiger partial charge >= 0.3 is 10.1 Å². The first kappa shape index (κ1) is 15.7. The molecule has 2 N–H and O–H groups in total. The number of aromatic nitrogens is 2. The summed E-state index contributed by atoms with van der Waals surface area (Å²) in [5, 5.41) is 0. The highest BCUT2D eigenvalue weighted by molar-refractivity contribution is 7.87. The predicted octanol–water partition coefficient (Wildman–Crippen LogP) is 2.40. The first-order valence-electron chi connectivity index (χ1n) is 7.62. The van der Waals surface area contributed by atoms with Gasteiger partial charge < -0.3 is 9.92 Å². The van der Waals surface area contributed by atoms with E-state index in [-0.39, 0.29) is 16.7 Å². The highest BCUT2D eigenvalue weighted by atomic mass is 32.2. The van der Waals surface area contributed by atoms with Crippen LogP contribution in [-0.4, -0.2) is 18.4 Å². The molecule has 6 nitrogen and oxygen atoms in total. The maximum Gasteiger partial charge on any atom is 0.340 e. The van der Waals surface area contributed by atoms with E-state index in [0.717, 1.165) is 42.5 Å². The number of anilines is 1. The van der Waals surface area contributed by atoms with Crippen molar-refractivity contribution in [2.75, 3.05) is 5.73 Å². The maximum atomic E-state index is 12.5. The smallest absolute Gasteiger partial charge is 0.340 e. The van der Waals surface area contributed by atoms with Crippen LogP contribution in [0.3, 0.4) is 0 Å². The number of hydrogen-bond acceptors (Lipinski definition) is 6. The molecule has 0 radical (unpaired) electrons. The normalized spacial score (nSPS) is 14.8. The van der Waals surface area contributed by atoms with E-state index in [1.54, 1.807) is 12.1 Å². The van der Waals surface area contributed by atoms with Gasteiger partial charge in [-0.25, -0.2) is 4.98 Å². The lowest BCUT2D eigenvalue weighted by molar-refractivity contribution is 0.471. The largest absolute Gasteiger partial charge is 0.368 e. The van der Waals surface area contributed by atoms with Crippen molar-refractivity contribution >= 4 is 16.1 Å². The SMILES string of the molecule is Cc1ccc(S(=O)(=O)Oc2nc(N)nc3c2CCCCC3)cc1. The molecule has 1 aromatic heterocycles. The van der Waals surface area contributed by atoms with E-state index in [4.69, 9.17) is 9.92 Å². The zero-order valence-corrected chi connectivity index (χ0v) is 13.8. The summed E-state index contributed by atoms with van der Waals surface area (Å²) in [6, 6.07) is 6.50. The second-order valence-corrected chi connectivity index (χ2v) is 7.27. The van der Waals surface area contributed by atoms with Crippen molar-refractivity contribution in [1.29, 1.82) is 0 Å². The summed E-state index contributed by atoms with van der Waals surface area (Å²) < 4.78 is 30.2. The third-order valence-electron chi connectivity index (χ3n) is 3.91. The molecule has 0 bridgehead atoms. The molecule has 7 heteroatoms. The Morgan fingerprint density at radius 2 is 1.74 bits per heavy atom. The van der Waals surface area contributed by atoms with E-state index in [9.17, 15) is 8.42 Å². The van der Waals surface area contributed by atoms with Gasteiger partial charge in [-0.05, 0) is 44.7 Å². The standard InChI is InChI=1S/C16H19N3O3S/c1-11-7-9-12(10-8-11)23(20,21)22-15-13-5-3-2-4-6-14(13)18-16(17)19-15/h7-10H,2-6H2,1H3,(H2,17,18,19). The molecule has 122 valence electrons. The molecule has 2 aromatic rings. The molecule has 0 atom stereocenters. The number of rotatable bonds is 3. The van der Waals surface area contributed by atoms with Crippen molar-refractivity contribution in [1.82, 2.24) is 9.97 Å². The molecule has 23 heavy (non-hydrogen) atoms. The minimum absolute atomic E-state index is 0.0414. The highest BCUT2D eigenvalue weighted by Crippen LogP contribution is 2.29. The second-order valence-electron chi connectivity index (χ2n) is 5.72. The van der Waals surface area contributed by atoms with Crippen molar-refractivity contribution in [2.24, 2.45) is 0 Å². The van der Waals surface area contributed by atoms with Crippen molar-refractivity contribution in [3.8, 4) is 5.88 Å². The summed E-state index contributed by atoms with van der Waals surface area (Å²) in [5.41, 5.74) is 8.24. The summed E-state index contributed by atoms with van der Waals surface area (Å²) in [7, 11) is -3.94. The quantitative estimate of drug-likeness (QED) is 0.684. The van der Waals surface area contributed by atoms with E-state index in [2.05, 4.69) is 9.97 Å². The number of hydrogen-bond donors (Lipinski definition) is 1. The summed E-state index contributed by atoms with van der Waals surface area (Å²) in [5.74, 6) is 0.106. The Bertz CT molecular complexity index is 817. The molecule has 0 aliphatic heterocycles. The summed E-state index contributed by atoms with van der Waals surface area (Å²) in [6.07, 6.45) is 4.51. The van der Waals surface area contributed by atoms with Gasteiger partial charge in [-0.3, -0.25) is 0 Å². The monoisotopic (exact) mass is 333 g/mol. The van der Waals surface area contributed by atoms with Crippen LogP contribution < -0.4 is 9.92 Å². The van der Waals surface area contributed by atoms with Crippen LogP contribution in [0, 0.1) is 6.92 Å². The Kier molecular flexibility index (Phi) is 4.21.